The van der Waals surface area contributed by atoms with Crippen molar-refractivity contribution in [2.75, 3.05) is 5.73 Å². The molecule has 1 heterocycles. The standard InChI is InChI=1S/C12H12F3N5O/c13-12(14,15)9-3-1-8(2-4-9)5-17-10(21)6-20-7-18-11(16)19-20/h1-4,7H,5-6H2,(H2,16,19)(H,17,21). The van der Waals surface area contributed by atoms with Crippen molar-refractivity contribution < 1.29 is 18.0 Å². The van der Waals surface area contributed by atoms with Gasteiger partial charge in [-0.3, -0.25) is 4.79 Å². The van der Waals surface area contributed by atoms with Crippen molar-refractivity contribution in [2.45, 2.75) is 19.3 Å². The minimum atomic E-state index is -4.37. The number of nitrogen functional groups attached to an aromatic ring is 1. The molecule has 1 aromatic carbocycles. The van der Waals surface area contributed by atoms with E-state index in [0.29, 0.717) is 5.56 Å². The maximum Gasteiger partial charge on any atom is 0.416 e. The zero-order valence-corrected chi connectivity index (χ0v) is 10.8. The fourth-order valence-corrected chi connectivity index (χ4v) is 1.60. The molecule has 21 heavy (non-hydrogen) atoms. The predicted molar refractivity (Wildman–Crippen MR) is 67.7 cm³/mol. The van der Waals surface area contributed by atoms with Gasteiger partial charge in [-0.15, -0.1) is 5.10 Å². The molecule has 0 saturated carbocycles. The number of hydrogen-bond donors (Lipinski definition) is 2. The Morgan fingerprint density at radius 1 is 1.29 bits per heavy atom. The summed E-state index contributed by atoms with van der Waals surface area (Å²) in [5, 5.41) is 6.31. The van der Waals surface area contributed by atoms with E-state index in [9.17, 15) is 18.0 Å². The molecule has 0 spiro atoms. The van der Waals surface area contributed by atoms with Gasteiger partial charge in [0.25, 0.3) is 0 Å². The second kappa shape index (κ2) is 5.81. The number of amides is 1. The first-order chi connectivity index (χ1) is 9.84. The van der Waals surface area contributed by atoms with Crippen LogP contribution in [0.15, 0.2) is 30.6 Å². The first-order valence-electron chi connectivity index (χ1n) is 5.92. The summed E-state index contributed by atoms with van der Waals surface area (Å²) in [4.78, 5) is 15.3. The van der Waals surface area contributed by atoms with Gasteiger partial charge in [-0.1, -0.05) is 12.1 Å². The molecule has 0 unspecified atom stereocenters. The zero-order chi connectivity index (χ0) is 15.5. The van der Waals surface area contributed by atoms with Gasteiger partial charge in [0.15, 0.2) is 0 Å². The molecule has 6 nitrogen and oxygen atoms in total. The first kappa shape index (κ1) is 14.8. The summed E-state index contributed by atoms with van der Waals surface area (Å²) in [7, 11) is 0. The van der Waals surface area contributed by atoms with Crippen LogP contribution in [0.1, 0.15) is 11.1 Å². The topological polar surface area (TPSA) is 85.8 Å². The van der Waals surface area contributed by atoms with Crippen molar-refractivity contribution in [3.05, 3.63) is 41.7 Å². The molecule has 0 aliphatic heterocycles. The molecule has 0 bridgehead atoms. The predicted octanol–water partition coefficient (Wildman–Crippen LogP) is 1.20. The molecule has 0 fully saturated rings. The third-order valence-electron chi connectivity index (χ3n) is 2.63. The quantitative estimate of drug-likeness (QED) is 0.888. The minimum Gasteiger partial charge on any atom is -0.367 e. The normalized spacial score (nSPS) is 11.4. The van der Waals surface area contributed by atoms with Gasteiger partial charge < -0.3 is 11.1 Å². The molecule has 3 N–H and O–H groups in total. The highest BCUT2D eigenvalue weighted by Crippen LogP contribution is 2.28. The number of anilines is 1. The summed E-state index contributed by atoms with van der Waals surface area (Å²) in [6.07, 6.45) is -3.05. The smallest absolute Gasteiger partial charge is 0.367 e. The van der Waals surface area contributed by atoms with E-state index in [-0.39, 0.29) is 24.9 Å². The average molecular weight is 299 g/mol. The van der Waals surface area contributed by atoms with E-state index in [1.54, 1.807) is 0 Å². The van der Waals surface area contributed by atoms with Crippen LogP contribution in [0.2, 0.25) is 0 Å². The zero-order valence-electron chi connectivity index (χ0n) is 10.8. The van der Waals surface area contributed by atoms with E-state index >= 15 is 0 Å². The Kier molecular flexibility index (Phi) is 4.10. The van der Waals surface area contributed by atoms with Crippen molar-refractivity contribution in [1.82, 2.24) is 20.1 Å². The fraction of sp³-hybridized carbons (Fsp3) is 0.250. The second-order valence-electron chi connectivity index (χ2n) is 4.27. The molecule has 0 radical (unpaired) electrons. The number of halogens is 3. The van der Waals surface area contributed by atoms with Crippen LogP contribution >= 0.6 is 0 Å². The van der Waals surface area contributed by atoms with Gasteiger partial charge in [-0.2, -0.15) is 13.2 Å². The molecule has 0 aliphatic rings. The summed E-state index contributed by atoms with van der Waals surface area (Å²) >= 11 is 0. The Morgan fingerprint density at radius 2 is 1.95 bits per heavy atom. The summed E-state index contributed by atoms with van der Waals surface area (Å²) in [5.74, 6) is -0.287. The third-order valence-corrected chi connectivity index (χ3v) is 2.63. The second-order valence-corrected chi connectivity index (χ2v) is 4.27. The number of carbonyl (C=O) groups excluding carboxylic acids is 1. The van der Waals surface area contributed by atoms with Crippen LogP contribution in [-0.2, 0) is 24.1 Å². The van der Waals surface area contributed by atoms with Gasteiger partial charge in [0.2, 0.25) is 11.9 Å². The van der Waals surface area contributed by atoms with Gasteiger partial charge in [0.05, 0.1) is 5.56 Å². The highest BCUT2D eigenvalue weighted by molar-refractivity contribution is 5.75. The van der Waals surface area contributed by atoms with Crippen molar-refractivity contribution in [2.24, 2.45) is 0 Å². The Morgan fingerprint density at radius 3 is 2.48 bits per heavy atom. The number of carbonyl (C=O) groups is 1. The largest absolute Gasteiger partial charge is 0.416 e. The molecule has 112 valence electrons. The van der Waals surface area contributed by atoms with Gasteiger partial charge in [0, 0.05) is 6.54 Å². The third kappa shape index (κ3) is 4.20. The number of nitrogens with one attached hydrogen (secondary N) is 1. The molecule has 0 atom stereocenters. The van der Waals surface area contributed by atoms with E-state index in [1.165, 1.54) is 23.1 Å². The number of alkyl halides is 3. The van der Waals surface area contributed by atoms with Crippen LogP contribution in [0.25, 0.3) is 0 Å². The van der Waals surface area contributed by atoms with Crippen molar-refractivity contribution in [3.63, 3.8) is 0 Å². The SMILES string of the molecule is Nc1ncn(CC(=O)NCc2ccc(C(F)(F)F)cc2)n1. The van der Waals surface area contributed by atoms with Crippen LogP contribution in [-0.4, -0.2) is 20.7 Å². The lowest BCUT2D eigenvalue weighted by molar-refractivity contribution is -0.137. The summed E-state index contributed by atoms with van der Waals surface area (Å²) in [6.45, 7) is 0.0615. The van der Waals surface area contributed by atoms with Crippen LogP contribution in [0.5, 0.6) is 0 Å². The number of benzene rings is 1. The Bertz CT molecular complexity index is 621. The molecule has 0 aliphatic carbocycles. The molecule has 9 heteroatoms. The van der Waals surface area contributed by atoms with Crippen molar-refractivity contribution >= 4 is 11.9 Å². The summed E-state index contributed by atoms with van der Waals surface area (Å²) < 4.78 is 38.4. The van der Waals surface area contributed by atoms with Gasteiger partial charge in [0.1, 0.15) is 12.9 Å². The summed E-state index contributed by atoms with van der Waals surface area (Å²) in [6, 6.07) is 4.58. The Hall–Kier alpha value is -2.58. The lowest BCUT2D eigenvalue weighted by Gasteiger charge is -2.08. The van der Waals surface area contributed by atoms with Crippen LogP contribution in [0, 0.1) is 0 Å². The molecule has 2 rings (SSSR count). The average Bonchev–Trinajstić information content (AvgIpc) is 2.81. The number of aromatic nitrogens is 3. The monoisotopic (exact) mass is 299 g/mol. The molecule has 1 aromatic heterocycles. The van der Waals surface area contributed by atoms with E-state index in [0.717, 1.165) is 12.1 Å². The molecular weight excluding hydrogens is 287 g/mol. The van der Waals surface area contributed by atoms with E-state index < -0.39 is 11.7 Å². The van der Waals surface area contributed by atoms with Crippen LogP contribution in [0.3, 0.4) is 0 Å². The van der Waals surface area contributed by atoms with Gasteiger partial charge >= 0.3 is 6.18 Å². The highest BCUT2D eigenvalue weighted by Gasteiger charge is 2.29. The van der Waals surface area contributed by atoms with E-state index in [1.807, 2.05) is 0 Å². The van der Waals surface area contributed by atoms with Crippen LogP contribution < -0.4 is 11.1 Å². The lowest BCUT2D eigenvalue weighted by atomic mass is 10.1. The molecule has 2 aromatic rings. The number of hydrogen-bond acceptors (Lipinski definition) is 4. The number of rotatable bonds is 4. The minimum absolute atomic E-state index is 0.0607. The highest BCUT2D eigenvalue weighted by atomic mass is 19.4. The molecule has 1 amide bonds. The maximum absolute atomic E-state index is 12.4. The molecular formula is C12H12F3N5O. The summed E-state index contributed by atoms with van der Waals surface area (Å²) in [5.41, 5.74) is 5.14. The number of nitrogens with zero attached hydrogens (tertiary/aromatic N) is 3. The van der Waals surface area contributed by atoms with Crippen LogP contribution in [0.4, 0.5) is 19.1 Å². The maximum atomic E-state index is 12.4. The fourth-order valence-electron chi connectivity index (χ4n) is 1.60. The van der Waals surface area contributed by atoms with E-state index in [4.69, 9.17) is 5.73 Å². The lowest BCUT2D eigenvalue weighted by Crippen LogP contribution is -2.27. The van der Waals surface area contributed by atoms with E-state index in [2.05, 4.69) is 15.4 Å². The van der Waals surface area contributed by atoms with Gasteiger partial charge in [-0.25, -0.2) is 9.67 Å². The van der Waals surface area contributed by atoms with Gasteiger partial charge in [-0.05, 0) is 17.7 Å². The Labute approximate surface area is 117 Å². The Balaban J connectivity index is 1.86. The van der Waals surface area contributed by atoms with Crippen molar-refractivity contribution in [3.8, 4) is 0 Å². The first-order valence-corrected chi connectivity index (χ1v) is 5.92. The molecule has 0 saturated heterocycles. The number of nitrogens with two attached hydrogens (primary N) is 1. The van der Waals surface area contributed by atoms with Crippen molar-refractivity contribution in [1.29, 1.82) is 0 Å².